The number of hydrogen-bond acceptors (Lipinski definition) is 5. The largest absolute Gasteiger partial charge is 0.480 e. The summed E-state index contributed by atoms with van der Waals surface area (Å²) in [6.07, 6.45) is 5.52. The van der Waals surface area contributed by atoms with Gasteiger partial charge in [-0.25, -0.2) is 18.4 Å². The smallest absolute Gasteiger partial charge is 0.322 e. The normalized spacial score (nSPS) is 13.2. The monoisotopic (exact) mass is 313 g/mol. The number of carboxylic acids is 1. The van der Waals surface area contributed by atoms with Crippen molar-refractivity contribution in [3.63, 3.8) is 0 Å². The summed E-state index contributed by atoms with van der Waals surface area (Å²) in [4.78, 5) is 21.5. The van der Waals surface area contributed by atoms with Gasteiger partial charge < -0.3 is 14.7 Å². The summed E-state index contributed by atoms with van der Waals surface area (Å²) < 4.78 is 28.0. The number of rotatable bonds is 7. The maximum absolute atomic E-state index is 12.1. The van der Waals surface area contributed by atoms with E-state index in [4.69, 9.17) is 5.11 Å². The number of aromatic amines is 1. The van der Waals surface area contributed by atoms with Crippen LogP contribution in [0.2, 0.25) is 0 Å². The Bertz CT molecular complexity index is 707. The number of H-pyrrole nitrogens is 1. The molecule has 3 N–H and O–H groups in total. The van der Waals surface area contributed by atoms with Crippen molar-refractivity contribution >= 4 is 16.0 Å². The third-order valence-corrected chi connectivity index (χ3v) is 4.18. The van der Waals surface area contributed by atoms with E-state index in [9.17, 15) is 13.2 Å². The molecule has 0 saturated carbocycles. The lowest BCUT2D eigenvalue weighted by Gasteiger charge is -2.12. The number of aromatic nitrogens is 4. The molecule has 2 aromatic heterocycles. The zero-order chi connectivity index (χ0) is 15.5. The van der Waals surface area contributed by atoms with E-state index >= 15 is 0 Å². The number of imidazole rings is 2. The van der Waals surface area contributed by atoms with Crippen molar-refractivity contribution in [2.45, 2.75) is 31.0 Å². The molecule has 0 saturated heterocycles. The standard InChI is InChI=1S/C11H15N5O4S/c1-2-16-5-10(14-7-16)21(19,20)15-9(11(17)18)3-8-4-12-6-13-8/h4-7,9,15H,2-3H2,1H3,(H,12,13)(H,17,18)/t9-/m1/s1. The highest BCUT2D eigenvalue weighted by atomic mass is 32.2. The summed E-state index contributed by atoms with van der Waals surface area (Å²) in [5, 5.41) is 8.94. The van der Waals surface area contributed by atoms with Gasteiger partial charge in [-0.15, -0.1) is 0 Å². The van der Waals surface area contributed by atoms with Gasteiger partial charge in [0.1, 0.15) is 6.04 Å². The average Bonchev–Trinajstić information content (AvgIpc) is 3.08. The van der Waals surface area contributed by atoms with Gasteiger partial charge in [-0.3, -0.25) is 4.79 Å². The molecule has 9 nitrogen and oxygen atoms in total. The van der Waals surface area contributed by atoms with E-state index in [1.165, 1.54) is 25.0 Å². The minimum Gasteiger partial charge on any atom is -0.480 e. The average molecular weight is 313 g/mol. The molecule has 1 atom stereocenters. The summed E-state index contributed by atoms with van der Waals surface area (Å²) in [6.45, 7) is 2.41. The third-order valence-electron chi connectivity index (χ3n) is 2.82. The van der Waals surface area contributed by atoms with Crippen molar-refractivity contribution in [3.05, 3.63) is 30.7 Å². The van der Waals surface area contributed by atoms with Crippen molar-refractivity contribution in [2.75, 3.05) is 0 Å². The Morgan fingerprint density at radius 2 is 2.33 bits per heavy atom. The molecular weight excluding hydrogens is 298 g/mol. The van der Waals surface area contributed by atoms with E-state index in [0.717, 1.165) is 0 Å². The van der Waals surface area contributed by atoms with Crippen LogP contribution in [0.4, 0.5) is 0 Å². The first-order valence-electron chi connectivity index (χ1n) is 6.16. The zero-order valence-corrected chi connectivity index (χ0v) is 12.0. The predicted molar refractivity (Wildman–Crippen MR) is 71.9 cm³/mol. The highest BCUT2D eigenvalue weighted by molar-refractivity contribution is 7.89. The fraction of sp³-hybridized carbons (Fsp3) is 0.364. The van der Waals surface area contributed by atoms with Gasteiger partial charge >= 0.3 is 5.97 Å². The number of aliphatic carboxylic acids is 1. The molecule has 0 fully saturated rings. The molecule has 0 aliphatic carbocycles. The molecule has 0 aliphatic rings. The summed E-state index contributed by atoms with van der Waals surface area (Å²) >= 11 is 0. The van der Waals surface area contributed by atoms with Crippen LogP contribution >= 0.6 is 0 Å². The highest BCUT2D eigenvalue weighted by Crippen LogP contribution is 2.08. The van der Waals surface area contributed by atoms with E-state index in [0.29, 0.717) is 12.2 Å². The number of aryl methyl sites for hydroxylation is 1. The van der Waals surface area contributed by atoms with E-state index < -0.39 is 22.0 Å². The number of hydrogen-bond donors (Lipinski definition) is 3. The predicted octanol–water partition coefficient (Wildman–Crippen LogP) is -0.400. The molecule has 0 bridgehead atoms. The zero-order valence-electron chi connectivity index (χ0n) is 11.2. The van der Waals surface area contributed by atoms with Gasteiger partial charge in [0.25, 0.3) is 10.0 Å². The third kappa shape index (κ3) is 3.67. The Morgan fingerprint density at radius 1 is 1.57 bits per heavy atom. The van der Waals surface area contributed by atoms with Crippen LogP contribution in [-0.4, -0.2) is 45.1 Å². The highest BCUT2D eigenvalue weighted by Gasteiger charge is 2.27. The van der Waals surface area contributed by atoms with Gasteiger partial charge in [0.05, 0.1) is 12.7 Å². The molecule has 0 spiro atoms. The Kier molecular flexibility index (Phi) is 4.38. The molecule has 21 heavy (non-hydrogen) atoms. The van der Waals surface area contributed by atoms with Crippen molar-refractivity contribution in [1.29, 1.82) is 0 Å². The first-order chi connectivity index (χ1) is 9.92. The van der Waals surface area contributed by atoms with Crippen LogP contribution in [0.5, 0.6) is 0 Å². The van der Waals surface area contributed by atoms with Crippen LogP contribution in [0.1, 0.15) is 12.6 Å². The lowest BCUT2D eigenvalue weighted by Crippen LogP contribution is -2.42. The van der Waals surface area contributed by atoms with Gasteiger partial charge in [-0.1, -0.05) is 0 Å². The number of carboxylic acid groups (broad SMARTS) is 1. The molecule has 0 aliphatic heterocycles. The number of sulfonamides is 1. The van der Waals surface area contributed by atoms with Crippen molar-refractivity contribution in [3.8, 4) is 0 Å². The fourth-order valence-electron chi connectivity index (χ4n) is 1.69. The molecule has 0 radical (unpaired) electrons. The number of nitrogens with one attached hydrogen (secondary N) is 2. The summed E-state index contributed by atoms with van der Waals surface area (Å²) in [5.74, 6) is -1.27. The van der Waals surface area contributed by atoms with E-state index in [2.05, 4.69) is 19.7 Å². The molecule has 0 amide bonds. The minimum atomic E-state index is -3.99. The lowest BCUT2D eigenvalue weighted by atomic mass is 10.2. The Labute approximate surface area is 121 Å². The number of nitrogens with zero attached hydrogens (tertiary/aromatic N) is 3. The molecule has 2 aromatic rings. The van der Waals surface area contributed by atoms with Crippen molar-refractivity contribution in [1.82, 2.24) is 24.2 Å². The summed E-state index contributed by atoms with van der Waals surface area (Å²) in [5.41, 5.74) is 0.518. The van der Waals surface area contributed by atoms with E-state index in [1.54, 1.807) is 4.57 Å². The maximum atomic E-state index is 12.1. The Hall–Kier alpha value is -2.20. The molecule has 0 aromatic carbocycles. The van der Waals surface area contributed by atoms with Gasteiger partial charge in [-0.05, 0) is 6.92 Å². The second kappa shape index (κ2) is 6.06. The van der Waals surface area contributed by atoms with Gasteiger partial charge in [0, 0.05) is 31.1 Å². The van der Waals surface area contributed by atoms with Crippen molar-refractivity contribution in [2.24, 2.45) is 0 Å². The van der Waals surface area contributed by atoms with Crippen LogP contribution in [0.15, 0.2) is 30.1 Å². The van der Waals surface area contributed by atoms with E-state index in [-0.39, 0.29) is 11.4 Å². The Balaban J connectivity index is 2.17. The van der Waals surface area contributed by atoms with Crippen molar-refractivity contribution < 1.29 is 18.3 Å². The van der Waals surface area contributed by atoms with Crippen LogP contribution in [0.3, 0.4) is 0 Å². The molecular formula is C11H15N5O4S. The maximum Gasteiger partial charge on any atom is 0.322 e. The fourth-order valence-corrected chi connectivity index (χ4v) is 2.83. The Morgan fingerprint density at radius 3 is 2.86 bits per heavy atom. The summed E-state index contributed by atoms with van der Waals surface area (Å²) in [6, 6.07) is -1.30. The molecule has 2 heterocycles. The van der Waals surface area contributed by atoms with Crippen LogP contribution in [0.25, 0.3) is 0 Å². The molecule has 10 heteroatoms. The minimum absolute atomic E-state index is 0.0386. The first-order valence-corrected chi connectivity index (χ1v) is 7.65. The number of carbonyl (C=O) groups is 1. The van der Waals surface area contributed by atoms with Crippen LogP contribution in [-0.2, 0) is 27.8 Å². The summed E-state index contributed by atoms with van der Waals surface area (Å²) in [7, 11) is -3.99. The van der Waals surface area contributed by atoms with Crippen LogP contribution in [0, 0.1) is 0 Å². The lowest BCUT2D eigenvalue weighted by molar-refractivity contribution is -0.138. The van der Waals surface area contributed by atoms with Gasteiger partial charge in [0.2, 0.25) is 0 Å². The molecule has 2 rings (SSSR count). The molecule has 0 unspecified atom stereocenters. The second-order valence-corrected chi connectivity index (χ2v) is 6.00. The topological polar surface area (TPSA) is 130 Å². The second-order valence-electron chi connectivity index (χ2n) is 4.34. The van der Waals surface area contributed by atoms with Gasteiger partial charge in [-0.2, -0.15) is 4.72 Å². The first kappa shape index (κ1) is 15.2. The van der Waals surface area contributed by atoms with Gasteiger partial charge in [0.15, 0.2) is 5.03 Å². The SMILES string of the molecule is CCn1cnc(S(=O)(=O)N[C@H](Cc2cnc[nH]2)C(=O)O)c1. The molecule has 114 valence electrons. The van der Waals surface area contributed by atoms with Crippen LogP contribution < -0.4 is 4.72 Å². The van der Waals surface area contributed by atoms with E-state index in [1.807, 2.05) is 6.92 Å². The quantitative estimate of drug-likeness (QED) is 0.637.